The van der Waals surface area contributed by atoms with Crippen molar-refractivity contribution < 1.29 is 19.0 Å². The number of hydrogen-bond donors (Lipinski definition) is 1. The summed E-state index contributed by atoms with van der Waals surface area (Å²) < 4.78 is 18.8. The van der Waals surface area contributed by atoms with E-state index in [1.54, 1.807) is 22.9 Å². The topological polar surface area (TPSA) is 114 Å². The lowest BCUT2D eigenvalue weighted by molar-refractivity contribution is -0.120. The molecule has 0 bridgehead atoms. The summed E-state index contributed by atoms with van der Waals surface area (Å²) in [7, 11) is 1.39. The van der Waals surface area contributed by atoms with Gasteiger partial charge in [-0.25, -0.2) is 9.66 Å². The first kappa shape index (κ1) is 21.7. The Morgan fingerprint density at radius 1 is 1.00 bits per heavy atom. The predicted molar refractivity (Wildman–Crippen MR) is 125 cm³/mol. The largest absolute Gasteiger partial charge is 0.490 e. The van der Waals surface area contributed by atoms with Gasteiger partial charge < -0.3 is 18.8 Å². The minimum atomic E-state index is -0.492. The van der Waals surface area contributed by atoms with Crippen molar-refractivity contribution in [3.63, 3.8) is 0 Å². The number of pyridine rings is 3. The number of ether oxygens (including phenoxy) is 3. The van der Waals surface area contributed by atoms with E-state index in [0.717, 1.165) is 16.7 Å². The van der Waals surface area contributed by atoms with Crippen LogP contribution in [0, 0.1) is 0 Å². The quantitative estimate of drug-likeness (QED) is 0.449. The normalized spacial score (nSPS) is 13.1. The van der Waals surface area contributed by atoms with Crippen LogP contribution >= 0.6 is 0 Å². The lowest BCUT2D eigenvalue weighted by atomic mass is 10.1. The van der Waals surface area contributed by atoms with Gasteiger partial charge in [0.25, 0.3) is 17.0 Å². The van der Waals surface area contributed by atoms with Crippen molar-refractivity contribution in [2.75, 3.05) is 32.4 Å². The molecular formula is C24H22N4O6. The van der Waals surface area contributed by atoms with Crippen LogP contribution in [0.25, 0.3) is 21.8 Å². The predicted octanol–water partition coefficient (Wildman–Crippen LogP) is 1.64. The van der Waals surface area contributed by atoms with Gasteiger partial charge in [0.2, 0.25) is 0 Å². The van der Waals surface area contributed by atoms with Crippen molar-refractivity contribution in [3.05, 3.63) is 75.1 Å². The molecule has 3 aromatic heterocycles. The van der Waals surface area contributed by atoms with E-state index in [-0.39, 0.29) is 17.6 Å². The lowest BCUT2D eigenvalue weighted by Gasteiger charge is -2.12. The zero-order valence-electron chi connectivity index (χ0n) is 18.4. The van der Waals surface area contributed by atoms with E-state index in [1.807, 2.05) is 18.2 Å². The maximum absolute atomic E-state index is 13.3. The fraction of sp³-hybridized carbons (Fsp3) is 0.250. The van der Waals surface area contributed by atoms with Crippen LogP contribution in [-0.4, -0.2) is 47.1 Å². The average molecular weight is 462 g/mol. The van der Waals surface area contributed by atoms with Crippen LogP contribution in [0.1, 0.15) is 12.0 Å². The molecule has 0 aliphatic carbocycles. The summed E-state index contributed by atoms with van der Waals surface area (Å²) in [6, 6.07) is 10.5. The summed E-state index contributed by atoms with van der Waals surface area (Å²) in [6.45, 7) is 1.31. The van der Waals surface area contributed by atoms with Crippen molar-refractivity contribution in [1.29, 1.82) is 0 Å². The first-order valence-corrected chi connectivity index (χ1v) is 10.8. The first-order chi connectivity index (χ1) is 16.5. The molecule has 4 heterocycles. The molecule has 1 aromatic carbocycles. The molecule has 0 saturated heterocycles. The number of aromatic nitrogens is 3. The SMILES string of the molecule is COCC(=O)Nn1ccc2nc3ccn(Cc4ccc5c(c4)OCCCO5)c(=O)c3cc2c1=O. The van der Waals surface area contributed by atoms with E-state index in [1.165, 1.54) is 19.4 Å². The second kappa shape index (κ2) is 8.99. The van der Waals surface area contributed by atoms with E-state index < -0.39 is 11.5 Å². The molecule has 1 aliphatic heterocycles. The van der Waals surface area contributed by atoms with Gasteiger partial charge in [0.1, 0.15) is 6.61 Å². The standard InChI is InChI=1S/C24H22N4O6/c1-32-14-22(29)26-28-8-6-19-17(24(28)31)12-16-18(25-19)5-7-27(23(16)30)13-15-3-4-20-21(11-15)34-10-2-9-33-20/h3-8,11-12H,2,9-10,13-14H2,1H3,(H,26,29). The number of benzene rings is 1. The summed E-state index contributed by atoms with van der Waals surface area (Å²) in [6.07, 6.45) is 3.91. The van der Waals surface area contributed by atoms with Gasteiger partial charge >= 0.3 is 0 Å². The van der Waals surface area contributed by atoms with E-state index in [0.29, 0.717) is 47.7 Å². The van der Waals surface area contributed by atoms with Crippen LogP contribution < -0.4 is 26.0 Å². The van der Waals surface area contributed by atoms with Gasteiger partial charge in [-0.2, -0.15) is 0 Å². The number of carbonyl (C=O) groups excluding carboxylic acids is 1. The summed E-state index contributed by atoms with van der Waals surface area (Å²) in [5, 5.41) is 0.528. The van der Waals surface area contributed by atoms with Crippen LogP contribution in [0.2, 0.25) is 0 Å². The minimum Gasteiger partial charge on any atom is -0.490 e. The van der Waals surface area contributed by atoms with E-state index in [4.69, 9.17) is 14.2 Å². The molecule has 0 atom stereocenters. The van der Waals surface area contributed by atoms with Gasteiger partial charge in [-0.3, -0.25) is 19.8 Å². The number of nitrogens with one attached hydrogen (secondary N) is 1. The number of methoxy groups -OCH3 is 1. The maximum Gasteiger partial charge on any atom is 0.278 e. The molecule has 0 saturated carbocycles. The smallest absolute Gasteiger partial charge is 0.278 e. The molecule has 0 fully saturated rings. The zero-order valence-corrected chi connectivity index (χ0v) is 18.4. The van der Waals surface area contributed by atoms with Crippen LogP contribution in [0.3, 0.4) is 0 Å². The molecule has 4 aromatic rings. The third kappa shape index (κ3) is 4.11. The molecule has 0 spiro atoms. The summed E-state index contributed by atoms with van der Waals surface area (Å²) in [5.74, 6) is 0.874. The number of fused-ring (bicyclic) bond motifs is 3. The third-order valence-electron chi connectivity index (χ3n) is 5.50. The maximum atomic E-state index is 13.3. The summed E-state index contributed by atoms with van der Waals surface area (Å²) in [5.41, 5.74) is 3.46. The summed E-state index contributed by atoms with van der Waals surface area (Å²) >= 11 is 0. The lowest BCUT2D eigenvalue weighted by Crippen LogP contribution is -2.34. The number of hydrogen-bond acceptors (Lipinski definition) is 7. The fourth-order valence-corrected chi connectivity index (χ4v) is 3.88. The number of amides is 1. The van der Waals surface area contributed by atoms with E-state index in [9.17, 15) is 14.4 Å². The Labute approximate surface area is 193 Å². The van der Waals surface area contributed by atoms with Crippen LogP contribution in [-0.2, 0) is 16.1 Å². The van der Waals surface area contributed by atoms with Crippen molar-refractivity contribution in [2.24, 2.45) is 0 Å². The van der Waals surface area contributed by atoms with Gasteiger partial charge in [0.15, 0.2) is 11.5 Å². The molecule has 10 heteroatoms. The van der Waals surface area contributed by atoms with Crippen LogP contribution in [0.4, 0.5) is 0 Å². The Morgan fingerprint density at radius 2 is 1.74 bits per heavy atom. The van der Waals surface area contributed by atoms with Crippen molar-refractivity contribution in [3.8, 4) is 11.5 Å². The van der Waals surface area contributed by atoms with Gasteiger partial charge in [-0.15, -0.1) is 0 Å². The average Bonchev–Trinajstić information content (AvgIpc) is 3.07. The fourth-order valence-electron chi connectivity index (χ4n) is 3.88. The molecule has 0 radical (unpaired) electrons. The highest BCUT2D eigenvalue weighted by Crippen LogP contribution is 2.30. The molecule has 5 rings (SSSR count). The minimum absolute atomic E-state index is 0.189. The van der Waals surface area contributed by atoms with Gasteiger partial charge in [0.05, 0.1) is 41.6 Å². The Hall–Kier alpha value is -4.18. The molecule has 1 amide bonds. The molecule has 174 valence electrons. The van der Waals surface area contributed by atoms with Crippen molar-refractivity contribution in [1.82, 2.24) is 14.2 Å². The van der Waals surface area contributed by atoms with E-state index in [2.05, 4.69) is 10.4 Å². The highest BCUT2D eigenvalue weighted by Gasteiger charge is 2.14. The second-order valence-electron chi connectivity index (χ2n) is 7.89. The number of nitrogens with zero attached hydrogens (tertiary/aromatic N) is 3. The van der Waals surface area contributed by atoms with Crippen LogP contribution in [0.15, 0.2) is 58.4 Å². The number of carbonyl (C=O) groups is 1. The van der Waals surface area contributed by atoms with Crippen molar-refractivity contribution in [2.45, 2.75) is 13.0 Å². The first-order valence-electron chi connectivity index (χ1n) is 10.8. The van der Waals surface area contributed by atoms with E-state index >= 15 is 0 Å². The molecule has 0 unspecified atom stereocenters. The molecular weight excluding hydrogens is 440 g/mol. The Morgan fingerprint density at radius 3 is 2.53 bits per heavy atom. The Balaban J connectivity index is 1.52. The third-order valence-corrected chi connectivity index (χ3v) is 5.50. The van der Waals surface area contributed by atoms with Gasteiger partial charge in [-0.05, 0) is 35.9 Å². The van der Waals surface area contributed by atoms with Crippen LogP contribution in [0.5, 0.6) is 11.5 Å². The molecule has 1 N–H and O–H groups in total. The van der Waals surface area contributed by atoms with Crippen molar-refractivity contribution >= 4 is 27.7 Å². The Bertz CT molecular complexity index is 1520. The summed E-state index contributed by atoms with van der Waals surface area (Å²) in [4.78, 5) is 42.4. The van der Waals surface area contributed by atoms with Gasteiger partial charge in [-0.1, -0.05) is 6.07 Å². The Kier molecular flexibility index (Phi) is 5.72. The molecule has 1 aliphatic rings. The van der Waals surface area contributed by atoms with Gasteiger partial charge in [0, 0.05) is 25.9 Å². The second-order valence-corrected chi connectivity index (χ2v) is 7.89. The highest BCUT2D eigenvalue weighted by atomic mass is 16.5. The highest BCUT2D eigenvalue weighted by molar-refractivity contribution is 5.92. The molecule has 10 nitrogen and oxygen atoms in total. The molecule has 34 heavy (non-hydrogen) atoms. The zero-order chi connectivity index (χ0) is 23.7. The monoisotopic (exact) mass is 462 g/mol. The number of rotatable bonds is 5.